The summed E-state index contributed by atoms with van der Waals surface area (Å²) in [5, 5.41) is 9.99. The Morgan fingerprint density at radius 3 is 1.50 bits per heavy atom. The van der Waals surface area contributed by atoms with Gasteiger partial charge in [-0.3, -0.25) is 9.59 Å². The molecule has 0 aliphatic rings. The average molecular weight is 709 g/mol. The van der Waals surface area contributed by atoms with Gasteiger partial charge in [0.2, 0.25) is 0 Å². The molecule has 0 heterocycles. The van der Waals surface area contributed by atoms with E-state index < -0.39 is 11.7 Å². The Labute approximate surface area is 308 Å². The lowest BCUT2D eigenvalue weighted by Gasteiger charge is -2.26. The zero-order chi connectivity index (χ0) is 36.8. The molecule has 0 amide bonds. The van der Waals surface area contributed by atoms with Crippen molar-refractivity contribution in [1.29, 1.82) is 0 Å². The van der Waals surface area contributed by atoms with E-state index in [1.165, 1.54) is 83.5 Å². The van der Waals surface area contributed by atoms with E-state index in [9.17, 15) is 14.7 Å². The minimum absolute atomic E-state index is 0.0127. The fraction of sp³-hybridized carbons (Fsp3) is 0.860. The van der Waals surface area contributed by atoms with E-state index in [4.69, 9.17) is 18.9 Å². The van der Waals surface area contributed by atoms with Crippen molar-refractivity contribution >= 4 is 11.9 Å². The van der Waals surface area contributed by atoms with Crippen LogP contribution in [0.1, 0.15) is 195 Å². The van der Waals surface area contributed by atoms with Gasteiger partial charge in [-0.15, -0.1) is 0 Å². The number of hydrogen-bond acceptors (Lipinski definition) is 7. The molecule has 1 unspecified atom stereocenters. The van der Waals surface area contributed by atoms with Crippen molar-refractivity contribution in [2.24, 2.45) is 5.41 Å². The van der Waals surface area contributed by atoms with E-state index in [1.807, 2.05) is 0 Å². The van der Waals surface area contributed by atoms with Gasteiger partial charge in [0, 0.05) is 26.1 Å². The molecule has 1 N–H and O–H groups in total. The van der Waals surface area contributed by atoms with Crippen LogP contribution < -0.4 is 0 Å². The summed E-state index contributed by atoms with van der Waals surface area (Å²) in [7, 11) is 0. The summed E-state index contributed by atoms with van der Waals surface area (Å²) in [5.74, 6) is -0.632. The fourth-order valence-electron chi connectivity index (χ4n) is 5.51. The number of aliphatic hydroxyl groups is 1. The number of esters is 2. The molecule has 294 valence electrons. The second-order valence-corrected chi connectivity index (χ2v) is 14.5. The van der Waals surface area contributed by atoms with E-state index in [1.54, 1.807) is 6.92 Å². The molecule has 0 aromatic rings. The van der Waals surface area contributed by atoms with Crippen molar-refractivity contribution in [2.45, 2.75) is 201 Å². The molecule has 0 fully saturated rings. The lowest BCUT2D eigenvalue weighted by Crippen LogP contribution is -2.35. The zero-order valence-corrected chi connectivity index (χ0v) is 33.2. The molecule has 7 nitrogen and oxygen atoms in total. The van der Waals surface area contributed by atoms with Gasteiger partial charge in [0.05, 0.1) is 18.4 Å². The summed E-state index contributed by atoms with van der Waals surface area (Å²) in [5.41, 5.74) is -0.842. The maximum absolute atomic E-state index is 12.6. The second kappa shape index (κ2) is 37.1. The van der Waals surface area contributed by atoms with E-state index >= 15 is 0 Å². The molecule has 0 spiro atoms. The first-order valence-electron chi connectivity index (χ1n) is 20.9. The van der Waals surface area contributed by atoms with Gasteiger partial charge in [0.25, 0.3) is 0 Å². The third-order valence-corrected chi connectivity index (χ3v) is 9.06. The first-order chi connectivity index (χ1) is 24.4. The highest BCUT2D eigenvalue weighted by Gasteiger charge is 2.28. The van der Waals surface area contributed by atoms with Crippen LogP contribution in [0.5, 0.6) is 0 Å². The van der Waals surface area contributed by atoms with Crippen LogP contribution >= 0.6 is 0 Å². The van der Waals surface area contributed by atoms with Crippen molar-refractivity contribution in [3.63, 3.8) is 0 Å². The Kier molecular flexibility index (Phi) is 35.8. The molecule has 0 bridgehead atoms. The number of carbonyl (C=O) groups excluding carboxylic acids is 2. The smallest absolute Gasteiger partial charge is 0.305 e. The summed E-state index contributed by atoms with van der Waals surface area (Å²) in [6.07, 6.45) is 36.4. The molecule has 1 atom stereocenters. The van der Waals surface area contributed by atoms with Gasteiger partial charge in [-0.1, -0.05) is 148 Å². The van der Waals surface area contributed by atoms with E-state index in [0.717, 1.165) is 64.2 Å². The van der Waals surface area contributed by atoms with Crippen molar-refractivity contribution < 1.29 is 33.6 Å². The maximum Gasteiger partial charge on any atom is 0.305 e. The maximum atomic E-state index is 12.6. The first-order valence-corrected chi connectivity index (χ1v) is 20.9. The van der Waals surface area contributed by atoms with Gasteiger partial charge < -0.3 is 24.1 Å². The third kappa shape index (κ3) is 33.4. The van der Waals surface area contributed by atoms with Crippen LogP contribution in [0.25, 0.3) is 0 Å². The minimum Gasteiger partial charge on any atom is -0.465 e. The van der Waals surface area contributed by atoms with E-state index in [-0.39, 0.29) is 38.2 Å². The van der Waals surface area contributed by atoms with Crippen LogP contribution in [0, 0.1) is 5.41 Å². The molecule has 0 radical (unpaired) electrons. The number of unbranched alkanes of at least 4 members (excludes halogenated alkanes) is 18. The number of ether oxygens (including phenoxy) is 4. The van der Waals surface area contributed by atoms with Crippen molar-refractivity contribution in [3.05, 3.63) is 24.3 Å². The Morgan fingerprint density at radius 1 is 0.560 bits per heavy atom. The topological polar surface area (TPSA) is 91.3 Å². The minimum atomic E-state index is -0.842. The van der Waals surface area contributed by atoms with Crippen LogP contribution in [0.15, 0.2) is 24.3 Å². The van der Waals surface area contributed by atoms with E-state index in [0.29, 0.717) is 26.1 Å². The molecule has 0 saturated heterocycles. The monoisotopic (exact) mass is 709 g/mol. The van der Waals surface area contributed by atoms with E-state index in [2.05, 4.69) is 45.1 Å². The number of carbonyl (C=O) groups is 2. The van der Waals surface area contributed by atoms with Crippen LogP contribution in [0.4, 0.5) is 0 Å². The highest BCUT2D eigenvalue weighted by molar-refractivity contribution is 5.69. The molecule has 50 heavy (non-hydrogen) atoms. The van der Waals surface area contributed by atoms with Gasteiger partial charge >= 0.3 is 11.9 Å². The largest absolute Gasteiger partial charge is 0.465 e. The van der Waals surface area contributed by atoms with Crippen molar-refractivity contribution in [2.75, 3.05) is 33.0 Å². The quantitative estimate of drug-likeness (QED) is 0.0295. The standard InChI is InChI=1S/C43H80O7/c1-5-8-11-14-17-18-19-20-21-22-23-24-25-26-29-32-40(45)49-38-43(4,37-44)39-50-41(46)33-34-42(47-35-30-27-15-12-9-6-2)48-36-31-28-16-13-10-7-3/h17-18,20-21,42,44H,5-16,19,22-39H2,1-4H3/b18-17-,21-20-. The first kappa shape index (κ1) is 48.3. The Bertz CT molecular complexity index is 793. The molecule has 0 aliphatic heterocycles. The summed E-state index contributed by atoms with van der Waals surface area (Å²) < 4.78 is 23.1. The number of rotatable bonds is 38. The second-order valence-electron chi connectivity index (χ2n) is 14.5. The SMILES string of the molecule is CCCCC/C=C\C/C=C\CCCCCCCC(=O)OCC(C)(CO)COC(=O)CCC(OCCCCCCCC)OCCCCCCCC. The predicted molar refractivity (Wildman–Crippen MR) is 208 cm³/mol. The summed E-state index contributed by atoms with van der Waals surface area (Å²) in [4.78, 5) is 25.0. The highest BCUT2D eigenvalue weighted by atomic mass is 16.7. The van der Waals surface area contributed by atoms with Crippen LogP contribution in [0.3, 0.4) is 0 Å². The number of hydrogen-bond donors (Lipinski definition) is 1. The predicted octanol–water partition coefficient (Wildman–Crippen LogP) is 11.7. The summed E-state index contributed by atoms with van der Waals surface area (Å²) in [6.45, 7) is 9.46. The number of allylic oxidation sites excluding steroid dienone is 4. The molecule has 0 saturated carbocycles. The number of aliphatic hydroxyl groups excluding tert-OH is 1. The molecular formula is C43H80O7. The van der Waals surface area contributed by atoms with Crippen LogP contribution in [-0.2, 0) is 28.5 Å². The normalized spacial score (nSPS) is 13.1. The van der Waals surface area contributed by atoms with Crippen molar-refractivity contribution in [1.82, 2.24) is 0 Å². The molecule has 0 aliphatic carbocycles. The molecular weight excluding hydrogens is 628 g/mol. The van der Waals surface area contributed by atoms with Gasteiger partial charge in [0.1, 0.15) is 13.2 Å². The highest BCUT2D eigenvalue weighted by Crippen LogP contribution is 2.19. The molecule has 0 aromatic heterocycles. The van der Waals surface area contributed by atoms with Gasteiger partial charge in [-0.2, -0.15) is 0 Å². The summed E-state index contributed by atoms with van der Waals surface area (Å²) >= 11 is 0. The lowest BCUT2D eigenvalue weighted by molar-refractivity contribution is -0.164. The average Bonchev–Trinajstić information content (AvgIpc) is 3.12. The lowest BCUT2D eigenvalue weighted by atomic mass is 9.94. The molecule has 0 aromatic carbocycles. The Morgan fingerprint density at radius 2 is 0.980 bits per heavy atom. The van der Waals surface area contributed by atoms with Crippen molar-refractivity contribution in [3.8, 4) is 0 Å². The zero-order valence-electron chi connectivity index (χ0n) is 33.2. The van der Waals surface area contributed by atoms with Crippen LogP contribution in [-0.4, -0.2) is 56.4 Å². The molecule has 7 heteroatoms. The van der Waals surface area contributed by atoms with Gasteiger partial charge in [-0.25, -0.2) is 0 Å². The summed E-state index contributed by atoms with van der Waals surface area (Å²) in [6, 6.07) is 0. The third-order valence-electron chi connectivity index (χ3n) is 9.06. The van der Waals surface area contributed by atoms with Crippen LogP contribution in [0.2, 0.25) is 0 Å². The molecule has 0 rings (SSSR count). The Hall–Kier alpha value is -1.70. The fourth-order valence-corrected chi connectivity index (χ4v) is 5.51. The van der Waals surface area contributed by atoms with Gasteiger partial charge in [-0.05, 0) is 51.4 Å². The Balaban J connectivity index is 4.24. The van der Waals surface area contributed by atoms with Gasteiger partial charge in [0.15, 0.2) is 6.29 Å².